The van der Waals surface area contributed by atoms with Crippen LogP contribution in [0.25, 0.3) is 0 Å². The Morgan fingerprint density at radius 3 is 2.36 bits per heavy atom. The Bertz CT molecular complexity index is 177. The first-order chi connectivity index (χ1) is 4.93. The molecule has 0 aliphatic heterocycles. The zero-order valence-electron chi connectivity index (χ0n) is 6.66. The van der Waals surface area contributed by atoms with E-state index in [9.17, 15) is 0 Å². The van der Waals surface area contributed by atoms with Crippen LogP contribution in [0.1, 0.15) is 0 Å². The largest absolute Gasteiger partial charge is 0.491 e. The average molecular weight is 161 g/mol. The van der Waals surface area contributed by atoms with Crippen molar-refractivity contribution in [3.05, 3.63) is 30.3 Å². The van der Waals surface area contributed by atoms with Crippen molar-refractivity contribution >= 4 is 29.6 Å². The van der Waals surface area contributed by atoms with Crippen LogP contribution in [-0.2, 0) is 0 Å². The second kappa shape index (κ2) is 6.68. The predicted octanol–water partition coefficient (Wildman–Crippen LogP) is 0.677. The molecule has 3 heteroatoms. The third kappa shape index (κ3) is 4.43. The molecule has 0 aromatic heterocycles. The van der Waals surface area contributed by atoms with Gasteiger partial charge >= 0.3 is 0 Å². The number of ether oxygens (including phenoxy) is 1. The Morgan fingerprint density at radius 2 is 1.82 bits per heavy atom. The Morgan fingerprint density at radius 1 is 1.18 bits per heavy atom. The molecule has 0 amide bonds. The van der Waals surface area contributed by atoms with Crippen LogP contribution in [0.2, 0.25) is 0 Å². The van der Waals surface area contributed by atoms with Crippen molar-refractivity contribution in [1.82, 2.24) is 0 Å². The number of rotatable bonds is 3. The molecule has 1 aromatic carbocycles. The van der Waals surface area contributed by atoms with Gasteiger partial charge in [0, 0.05) is 29.6 Å². The molecule has 55 valence electrons. The van der Waals surface area contributed by atoms with Crippen LogP contribution in [0.5, 0.6) is 5.75 Å². The van der Waals surface area contributed by atoms with Crippen molar-refractivity contribution < 1.29 is 9.84 Å². The third-order valence-corrected chi connectivity index (χ3v) is 1.10. The van der Waals surface area contributed by atoms with Gasteiger partial charge in [-0.2, -0.15) is 0 Å². The van der Waals surface area contributed by atoms with E-state index in [0.29, 0.717) is 6.61 Å². The van der Waals surface area contributed by atoms with E-state index in [-0.39, 0.29) is 36.2 Å². The molecule has 0 atom stereocenters. The average Bonchev–Trinajstić information content (AvgIpc) is 2.03. The minimum absolute atomic E-state index is 0. The Balaban J connectivity index is 0.000001000. The summed E-state index contributed by atoms with van der Waals surface area (Å²) in [6.45, 7) is 0.429. The first-order valence-corrected chi connectivity index (χ1v) is 3.22. The summed E-state index contributed by atoms with van der Waals surface area (Å²) in [5, 5.41) is 8.40. The van der Waals surface area contributed by atoms with Gasteiger partial charge in [-0.25, -0.2) is 0 Å². The maximum absolute atomic E-state index is 8.40. The molecule has 0 aliphatic rings. The van der Waals surface area contributed by atoms with E-state index in [2.05, 4.69) is 0 Å². The summed E-state index contributed by atoms with van der Waals surface area (Å²) in [5.74, 6) is 0.802. The van der Waals surface area contributed by atoms with Crippen LogP contribution in [0.3, 0.4) is 0 Å². The molecule has 1 aromatic rings. The number of hydrogen-bond acceptors (Lipinski definition) is 2. The maximum Gasteiger partial charge on any atom is 0.119 e. The molecule has 0 spiro atoms. The van der Waals surface area contributed by atoms with Crippen molar-refractivity contribution in [2.75, 3.05) is 13.2 Å². The van der Waals surface area contributed by atoms with Gasteiger partial charge in [0.2, 0.25) is 0 Å². The minimum atomic E-state index is 0. The molecule has 2 nitrogen and oxygen atoms in total. The summed E-state index contributed by atoms with van der Waals surface area (Å²) >= 11 is 0. The second-order valence-electron chi connectivity index (χ2n) is 1.89. The molecule has 0 aliphatic carbocycles. The molecule has 0 unspecified atom stereocenters. The first kappa shape index (κ1) is 11.0. The monoisotopic (exact) mass is 161 g/mol. The number of aliphatic hydroxyl groups excluding tert-OH is 1. The number of hydrogen-bond donors (Lipinski definition) is 1. The van der Waals surface area contributed by atoms with Gasteiger partial charge < -0.3 is 9.84 Å². The summed E-state index contributed by atoms with van der Waals surface area (Å²) in [6.07, 6.45) is 0. The predicted molar refractivity (Wildman–Crippen MR) is 44.8 cm³/mol. The third-order valence-electron chi connectivity index (χ3n) is 1.10. The van der Waals surface area contributed by atoms with Crippen molar-refractivity contribution in [2.45, 2.75) is 0 Å². The van der Waals surface area contributed by atoms with E-state index in [0.717, 1.165) is 5.75 Å². The first-order valence-electron chi connectivity index (χ1n) is 3.22. The summed E-state index contributed by atoms with van der Waals surface area (Å²) < 4.78 is 5.11. The van der Waals surface area contributed by atoms with Crippen molar-refractivity contribution in [3.63, 3.8) is 0 Å². The minimum Gasteiger partial charge on any atom is -0.491 e. The van der Waals surface area contributed by atoms with E-state index in [4.69, 9.17) is 9.84 Å². The molecule has 1 radical (unpaired) electrons. The summed E-state index contributed by atoms with van der Waals surface area (Å²) in [5.41, 5.74) is 0. The van der Waals surface area contributed by atoms with Crippen LogP contribution in [0.4, 0.5) is 0 Å². The number of aliphatic hydroxyl groups is 1. The van der Waals surface area contributed by atoms with E-state index in [1.54, 1.807) is 0 Å². The molecule has 0 fully saturated rings. The van der Waals surface area contributed by atoms with Gasteiger partial charge in [-0.3, -0.25) is 0 Å². The molecule has 0 heterocycles. The van der Waals surface area contributed by atoms with Gasteiger partial charge in [-0.1, -0.05) is 18.2 Å². The Labute approximate surface area is 88.5 Å². The second-order valence-corrected chi connectivity index (χ2v) is 1.89. The smallest absolute Gasteiger partial charge is 0.119 e. The van der Waals surface area contributed by atoms with Gasteiger partial charge in [0.25, 0.3) is 0 Å². The van der Waals surface area contributed by atoms with E-state index in [1.165, 1.54) is 0 Å². The summed E-state index contributed by atoms with van der Waals surface area (Å²) in [4.78, 5) is 0. The summed E-state index contributed by atoms with van der Waals surface area (Å²) in [7, 11) is 0. The van der Waals surface area contributed by atoms with E-state index < -0.39 is 0 Å². The van der Waals surface area contributed by atoms with Gasteiger partial charge in [-0.15, -0.1) is 0 Å². The summed E-state index contributed by atoms with van der Waals surface area (Å²) in [6, 6.07) is 9.43. The van der Waals surface area contributed by atoms with Crippen molar-refractivity contribution in [3.8, 4) is 5.75 Å². The van der Waals surface area contributed by atoms with E-state index >= 15 is 0 Å². The molecular weight excluding hydrogens is 151 g/mol. The van der Waals surface area contributed by atoms with Gasteiger partial charge in [0.05, 0.1) is 6.61 Å². The fourth-order valence-electron chi connectivity index (χ4n) is 0.680. The van der Waals surface area contributed by atoms with Gasteiger partial charge in [-0.05, 0) is 12.1 Å². The van der Waals surface area contributed by atoms with Crippen LogP contribution < -0.4 is 4.74 Å². The number of para-hydroxylation sites is 1. The molecular formula is C8H10NaO2. The SMILES string of the molecule is OCCOc1ccccc1.[Na]. The fraction of sp³-hybridized carbons (Fsp3) is 0.250. The topological polar surface area (TPSA) is 29.5 Å². The normalized spacial score (nSPS) is 8.45. The molecule has 0 saturated carbocycles. The van der Waals surface area contributed by atoms with Crippen molar-refractivity contribution in [2.24, 2.45) is 0 Å². The molecule has 1 rings (SSSR count). The van der Waals surface area contributed by atoms with Crippen LogP contribution in [0.15, 0.2) is 30.3 Å². The molecule has 0 saturated heterocycles. The quantitative estimate of drug-likeness (QED) is 0.660. The standard InChI is InChI=1S/C8H10O2.Na/c9-6-7-10-8-4-2-1-3-5-8;/h1-5,9H,6-7H2;. The number of benzene rings is 1. The molecule has 11 heavy (non-hydrogen) atoms. The zero-order chi connectivity index (χ0) is 7.23. The van der Waals surface area contributed by atoms with Gasteiger partial charge in [0.1, 0.15) is 12.4 Å². The fourth-order valence-corrected chi connectivity index (χ4v) is 0.680. The van der Waals surface area contributed by atoms with Crippen LogP contribution in [-0.4, -0.2) is 47.9 Å². The van der Waals surface area contributed by atoms with E-state index in [1.807, 2.05) is 30.3 Å². The maximum atomic E-state index is 8.40. The molecule has 0 bridgehead atoms. The Hall–Kier alpha value is -0.0200. The van der Waals surface area contributed by atoms with Crippen molar-refractivity contribution in [1.29, 1.82) is 0 Å². The van der Waals surface area contributed by atoms with Crippen LogP contribution >= 0.6 is 0 Å². The van der Waals surface area contributed by atoms with Gasteiger partial charge in [0.15, 0.2) is 0 Å². The Kier molecular flexibility index (Phi) is 6.66. The zero-order valence-corrected chi connectivity index (χ0v) is 8.66. The molecule has 1 N–H and O–H groups in total. The van der Waals surface area contributed by atoms with Crippen LogP contribution in [0, 0.1) is 0 Å².